The molecule has 4 rings (SSSR count). The summed E-state index contributed by atoms with van der Waals surface area (Å²) in [6.07, 6.45) is 6.00. The maximum absolute atomic E-state index is 14.1. The Kier molecular flexibility index (Phi) is 5.95. The monoisotopic (exact) mass is 463 g/mol. The van der Waals surface area contributed by atoms with Crippen LogP contribution in [0.2, 0.25) is 0 Å². The van der Waals surface area contributed by atoms with Gasteiger partial charge in [-0.2, -0.15) is 20.1 Å². The Bertz CT molecular complexity index is 1400. The number of halogens is 1. The minimum Gasteiger partial charge on any atom is -0.387 e. The average Bonchev–Trinajstić information content (AvgIpc) is 3.41. The SMILES string of the molecule is Cn1cc(Nc2cc(-n3ncc4cc(C#N)cnc43)ncc2C(=O)NC[C@@H](F)C(C)(C)O)cn1. The van der Waals surface area contributed by atoms with Gasteiger partial charge in [0.2, 0.25) is 0 Å². The van der Waals surface area contributed by atoms with Crippen LogP contribution in [-0.4, -0.2) is 58.9 Å². The van der Waals surface area contributed by atoms with Crippen LogP contribution in [0.15, 0.2) is 43.1 Å². The molecule has 0 aliphatic carbocycles. The Balaban J connectivity index is 1.70. The molecule has 0 unspecified atom stereocenters. The number of aromatic nitrogens is 6. The number of carbonyl (C=O) groups excluding carboxylic acids is 1. The number of anilines is 2. The number of nitrogens with one attached hydrogen (secondary N) is 2. The molecule has 4 heterocycles. The van der Waals surface area contributed by atoms with Gasteiger partial charge in [0.15, 0.2) is 11.5 Å². The molecule has 4 aromatic heterocycles. The van der Waals surface area contributed by atoms with Gasteiger partial charge in [0.1, 0.15) is 12.2 Å². The molecule has 0 radical (unpaired) electrons. The van der Waals surface area contributed by atoms with Crippen LogP contribution in [-0.2, 0) is 7.05 Å². The standard InChI is InChI=1S/C22H22FN9O2/c1-22(2,34)18(23)11-27-21(33)16-10-25-19(5-17(16)30-15-9-28-31(3)12-15)32-20-14(8-29-32)4-13(6-24)7-26-20/h4-5,7-10,12,18,34H,11H2,1-3H3,(H,25,30)(H,27,33)/t18-/m1/s1. The molecule has 1 atom stereocenters. The van der Waals surface area contributed by atoms with Crippen LogP contribution in [0.1, 0.15) is 29.8 Å². The molecular formula is C22H22FN9O2. The minimum atomic E-state index is -1.65. The smallest absolute Gasteiger partial charge is 0.255 e. The molecule has 1 amide bonds. The highest BCUT2D eigenvalue weighted by molar-refractivity contribution is 6.00. The maximum Gasteiger partial charge on any atom is 0.255 e. The summed E-state index contributed by atoms with van der Waals surface area (Å²) in [7, 11) is 1.76. The number of aliphatic hydroxyl groups is 1. The van der Waals surface area contributed by atoms with E-state index < -0.39 is 17.7 Å². The Hall–Kier alpha value is -4.37. The van der Waals surface area contributed by atoms with Crippen LogP contribution in [0.4, 0.5) is 15.8 Å². The van der Waals surface area contributed by atoms with E-state index in [0.29, 0.717) is 33.8 Å². The fraction of sp³-hybridized carbons (Fsp3) is 0.273. The zero-order valence-electron chi connectivity index (χ0n) is 18.7. The van der Waals surface area contributed by atoms with E-state index in [9.17, 15) is 14.3 Å². The van der Waals surface area contributed by atoms with E-state index in [1.165, 1.54) is 30.9 Å². The number of hydrogen-bond donors (Lipinski definition) is 3. The van der Waals surface area contributed by atoms with Crippen molar-refractivity contribution in [3.05, 3.63) is 54.2 Å². The topological polar surface area (TPSA) is 147 Å². The van der Waals surface area contributed by atoms with Crippen molar-refractivity contribution in [2.24, 2.45) is 7.05 Å². The molecule has 0 aliphatic rings. The highest BCUT2D eigenvalue weighted by atomic mass is 19.1. The summed E-state index contributed by atoms with van der Waals surface area (Å²) in [4.78, 5) is 21.5. The van der Waals surface area contributed by atoms with Gasteiger partial charge in [0.05, 0.1) is 47.0 Å². The molecule has 0 bridgehead atoms. The van der Waals surface area contributed by atoms with Crippen LogP contribution in [0.3, 0.4) is 0 Å². The number of fused-ring (bicyclic) bond motifs is 1. The highest BCUT2D eigenvalue weighted by Crippen LogP contribution is 2.24. The second kappa shape index (κ2) is 8.87. The normalized spacial score (nSPS) is 12.4. The number of amides is 1. The van der Waals surface area contributed by atoms with Crippen molar-refractivity contribution in [1.29, 1.82) is 5.26 Å². The van der Waals surface area contributed by atoms with Gasteiger partial charge in [-0.25, -0.2) is 14.4 Å². The Morgan fingerprint density at radius 3 is 2.71 bits per heavy atom. The molecule has 174 valence electrons. The van der Waals surface area contributed by atoms with Crippen LogP contribution >= 0.6 is 0 Å². The minimum absolute atomic E-state index is 0.159. The van der Waals surface area contributed by atoms with Gasteiger partial charge in [0.25, 0.3) is 5.91 Å². The third kappa shape index (κ3) is 4.69. The van der Waals surface area contributed by atoms with Crippen molar-refractivity contribution < 1.29 is 14.3 Å². The van der Waals surface area contributed by atoms with Gasteiger partial charge in [-0.05, 0) is 19.9 Å². The van der Waals surface area contributed by atoms with E-state index in [0.717, 1.165) is 0 Å². The molecule has 4 aromatic rings. The second-order valence-electron chi connectivity index (χ2n) is 8.25. The molecule has 34 heavy (non-hydrogen) atoms. The molecular weight excluding hydrogens is 441 g/mol. The van der Waals surface area contributed by atoms with E-state index in [2.05, 4.69) is 30.8 Å². The van der Waals surface area contributed by atoms with Crippen LogP contribution < -0.4 is 10.6 Å². The van der Waals surface area contributed by atoms with Gasteiger partial charge in [0, 0.05) is 37.1 Å². The second-order valence-corrected chi connectivity index (χ2v) is 8.25. The highest BCUT2D eigenvalue weighted by Gasteiger charge is 2.27. The quantitative estimate of drug-likeness (QED) is 0.377. The number of nitriles is 1. The van der Waals surface area contributed by atoms with Gasteiger partial charge in [-0.15, -0.1) is 0 Å². The van der Waals surface area contributed by atoms with Crippen molar-refractivity contribution in [1.82, 2.24) is 34.8 Å². The third-order valence-electron chi connectivity index (χ3n) is 5.08. The number of hydrogen-bond acceptors (Lipinski definition) is 8. The van der Waals surface area contributed by atoms with Crippen molar-refractivity contribution in [2.45, 2.75) is 25.6 Å². The lowest BCUT2D eigenvalue weighted by Gasteiger charge is -2.22. The van der Waals surface area contributed by atoms with E-state index in [4.69, 9.17) is 5.26 Å². The van der Waals surface area contributed by atoms with Gasteiger partial charge in [-0.1, -0.05) is 0 Å². The van der Waals surface area contributed by atoms with E-state index >= 15 is 0 Å². The Morgan fingerprint density at radius 1 is 1.24 bits per heavy atom. The molecule has 0 saturated carbocycles. The molecule has 11 nitrogen and oxygen atoms in total. The summed E-state index contributed by atoms with van der Waals surface area (Å²) in [6, 6.07) is 5.31. The summed E-state index contributed by atoms with van der Waals surface area (Å²) in [5.74, 6) is -0.200. The molecule has 3 N–H and O–H groups in total. The first-order chi connectivity index (χ1) is 16.2. The molecule has 0 saturated heterocycles. The number of pyridine rings is 2. The van der Waals surface area contributed by atoms with Crippen LogP contribution in [0.25, 0.3) is 16.9 Å². The van der Waals surface area contributed by atoms with Crippen molar-refractivity contribution in [2.75, 3.05) is 11.9 Å². The molecule has 0 aliphatic heterocycles. The summed E-state index contributed by atoms with van der Waals surface area (Å²) >= 11 is 0. The summed E-state index contributed by atoms with van der Waals surface area (Å²) in [5, 5.41) is 33.6. The molecule has 0 aromatic carbocycles. The summed E-state index contributed by atoms with van der Waals surface area (Å²) in [6.45, 7) is 2.29. The number of alkyl halides is 1. The lowest BCUT2D eigenvalue weighted by Crippen LogP contribution is -2.42. The van der Waals surface area contributed by atoms with Crippen molar-refractivity contribution in [3.8, 4) is 11.9 Å². The first kappa shape index (κ1) is 22.8. The number of aryl methyl sites for hydroxylation is 1. The molecule has 0 spiro atoms. The largest absolute Gasteiger partial charge is 0.387 e. The van der Waals surface area contributed by atoms with Crippen LogP contribution in [0.5, 0.6) is 0 Å². The zero-order chi connectivity index (χ0) is 24.5. The Morgan fingerprint density at radius 2 is 2.03 bits per heavy atom. The molecule has 0 fully saturated rings. The fourth-order valence-corrected chi connectivity index (χ4v) is 3.16. The van der Waals surface area contributed by atoms with Gasteiger partial charge < -0.3 is 15.7 Å². The van der Waals surface area contributed by atoms with Crippen LogP contribution in [0, 0.1) is 11.3 Å². The van der Waals surface area contributed by atoms with E-state index in [1.54, 1.807) is 42.5 Å². The van der Waals surface area contributed by atoms with E-state index in [1.807, 2.05) is 6.07 Å². The van der Waals surface area contributed by atoms with Gasteiger partial charge >= 0.3 is 0 Å². The predicted octanol–water partition coefficient (Wildman–Crippen LogP) is 2.00. The van der Waals surface area contributed by atoms with Gasteiger partial charge in [-0.3, -0.25) is 9.48 Å². The first-order valence-corrected chi connectivity index (χ1v) is 10.3. The third-order valence-corrected chi connectivity index (χ3v) is 5.08. The van der Waals surface area contributed by atoms with Crippen molar-refractivity contribution in [3.63, 3.8) is 0 Å². The van der Waals surface area contributed by atoms with Crippen molar-refractivity contribution >= 4 is 28.3 Å². The fourth-order valence-electron chi connectivity index (χ4n) is 3.16. The summed E-state index contributed by atoms with van der Waals surface area (Å²) in [5.41, 5.74) is 0.463. The number of nitrogens with zero attached hydrogens (tertiary/aromatic N) is 7. The number of rotatable bonds is 7. The molecule has 12 heteroatoms. The predicted molar refractivity (Wildman–Crippen MR) is 121 cm³/mol. The zero-order valence-corrected chi connectivity index (χ0v) is 18.7. The average molecular weight is 463 g/mol. The first-order valence-electron chi connectivity index (χ1n) is 10.3. The number of carbonyl (C=O) groups is 1. The summed E-state index contributed by atoms with van der Waals surface area (Å²) < 4.78 is 17.2. The van der Waals surface area contributed by atoms with E-state index in [-0.39, 0.29) is 12.1 Å². The lowest BCUT2D eigenvalue weighted by atomic mass is 10.0. The maximum atomic E-state index is 14.1. The Labute approximate surface area is 193 Å². The lowest BCUT2D eigenvalue weighted by molar-refractivity contribution is -0.00177.